The molecule has 5 heteroatoms. The van der Waals surface area contributed by atoms with E-state index in [1.165, 1.54) is 0 Å². The molecule has 0 radical (unpaired) electrons. The van der Waals surface area contributed by atoms with E-state index < -0.39 is 0 Å². The zero-order valence-corrected chi connectivity index (χ0v) is 11.6. The average molecular weight is 267 g/mol. The lowest BCUT2D eigenvalue weighted by molar-refractivity contribution is 0.0934. The molecule has 0 aromatic heterocycles. The number of nitrogens with one attached hydrogen (secondary N) is 1. The summed E-state index contributed by atoms with van der Waals surface area (Å²) in [7, 11) is 1.56. The molecule has 0 heterocycles. The van der Waals surface area contributed by atoms with Crippen molar-refractivity contribution in [3.8, 4) is 11.5 Å². The van der Waals surface area contributed by atoms with Gasteiger partial charge in [0.2, 0.25) is 0 Å². The Hall–Kier alpha value is -1.75. The molecule has 1 amide bonds. The molecule has 0 aliphatic heterocycles. The van der Waals surface area contributed by atoms with Crippen LogP contribution in [0.4, 0.5) is 0 Å². The Morgan fingerprint density at radius 2 is 2.16 bits per heavy atom. The van der Waals surface area contributed by atoms with Gasteiger partial charge in [0.05, 0.1) is 13.7 Å². The number of amides is 1. The lowest BCUT2D eigenvalue weighted by atomic mass is 10.1. The highest BCUT2D eigenvalue weighted by Gasteiger charge is 2.13. The highest BCUT2D eigenvalue weighted by atomic mass is 16.5. The number of aliphatic hydroxyl groups excluding tert-OH is 1. The van der Waals surface area contributed by atoms with Crippen molar-refractivity contribution in [1.29, 1.82) is 0 Å². The molecule has 5 nitrogen and oxygen atoms in total. The number of methoxy groups -OCH3 is 1. The fourth-order valence-electron chi connectivity index (χ4n) is 1.66. The van der Waals surface area contributed by atoms with Crippen LogP contribution in [0.25, 0.3) is 0 Å². The van der Waals surface area contributed by atoms with Crippen LogP contribution < -0.4 is 14.8 Å². The van der Waals surface area contributed by atoms with Gasteiger partial charge in [0, 0.05) is 18.2 Å². The summed E-state index contributed by atoms with van der Waals surface area (Å²) >= 11 is 0. The van der Waals surface area contributed by atoms with Crippen molar-refractivity contribution in [1.82, 2.24) is 5.32 Å². The Balaban J connectivity index is 2.82. The van der Waals surface area contributed by atoms with Crippen LogP contribution in [0.3, 0.4) is 0 Å². The zero-order valence-electron chi connectivity index (χ0n) is 11.6. The summed E-state index contributed by atoms with van der Waals surface area (Å²) in [4.78, 5) is 12.0. The molecule has 0 saturated heterocycles. The maximum Gasteiger partial charge on any atom is 0.251 e. The van der Waals surface area contributed by atoms with Crippen molar-refractivity contribution in [2.45, 2.75) is 26.3 Å². The first-order valence-corrected chi connectivity index (χ1v) is 6.34. The molecule has 1 atom stereocenters. The van der Waals surface area contributed by atoms with Gasteiger partial charge in [-0.3, -0.25) is 4.79 Å². The number of carbonyl (C=O) groups excluding carboxylic acids is 1. The van der Waals surface area contributed by atoms with E-state index in [1.54, 1.807) is 25.3 Å². The van der Waals surface area contributed by atoms with Crippen molar-refractivity contribution in [2.75, 3.05) is 20.3 Å². The maximum absolute atomic E-state index is 12.0. The Kier molecular flexibility index (Phi) is 6.15. The van der Waals surface area contributed by atoms with Gasteiger partial charge < -0.3 is 19.9 Å². The number of aliphatic hydroxyl groups is 1. The third kappa shape index (κ3) is 4.44. The monoisotopic (exact) mass is 267 g/mol. The molecule has 19 heavy (non-hydrogen) atoms. The molecule has 1 unspecified atom stereocenters. The summed E-state index contributed by atoms with van der Waals surface area (Å²) in [6.45, 7) is 4.27. The molecule has 106 valence electrons. The molecule has 1 aromatic rings. The van der Waals surface area contributed by atoms with Crippen LogP contribution >= 0.6 is 0 Å². The van der Waals surface area contributed by atoms with Crippen LogP contribution in [0.1, 0.15) is 30.6 Å². The highest BCUT2D eigenvalue weighted by molar-refractivity contribution is 5.95. The van der Waals surface area contributed by atoms with Crippen molar-refractivity contribution in [2.24, 2.45) is 0 Å². The zero-order chi connectivity index (χ0) is 14.3. The highest BCUT2D eigenvalue weighted by Crippen LogP contribution is 2.28. The second kappa shape index (κ2) is 7.63. The van der Waals surface area contributed by atoms with Gasteiger partial charge in [0.1, 0.15) is 0 Å². The summed E-state index contributed by atoms with van der Waals surface area (Å²) in [5, 5.41) is 11.6. The van der Waals surface area contributed by atoms with Gasteiger partial charge in [-0.2, -0.15) is 0 Å². The summed E-state index contributed by atoms with van der Waals surface area (Å²) < 4.78 is 10.6. The van der Waals surface area contributed by atoms with E-state index in [-0.39, 0.29) is 18.6 Å². The van der Waals surface area contributed by atoms with Gasteiger partial charge in [-0.05, 0) is 38.5 Å². The molecule has 0 saturated carbocycles. The predicted molar refractivity (Wildman–Crippen MR) is 72.8 cm³/mol. The topological polar surface area (TPSA) is 67.8 Å². The fourth-order valence-corrected chi connectivity index (χ4v) is 1.66. The summed E-state index contributed by atoms with van der Waals surface area (Å²) in [6.07, 6.45) is 0.528. The number of carbonyl (C=O) groups is 1. The number of hydrogen-bond acceptors (Lipinski definition) is 4. The first-order valence-electron chi connectivity index (χ1n) is 6.34. The van der Waals surface area contributed by atoms with Crippen molar-refractivity contribution < 1.29 is 19.4 Å². The summed E-state index contributed by atoms with van der Waals surface area (Å²) in [5.41, 5.74) is 0.508. The van der Waals surface area contributed by atoms with E-state index in [0.29, 0.717) is 30.1 Å². The first-order chi connectivity index (χ1) is 9.12. The van der Waals surface area contributed by atoms with E-state index in [9.17, 15) is 4.79 Å². The van der Waals surface area contributed by atoms with Gasteiger partial charge in [-0.25, -0.2) is 0 Å². The molecule has 1 rings (SSSR count). The first kappa shape index (κ1) is 15.3. The largest absolute Gasteiger partial charge is 0.493 e. The maximum atomic E-state index is 12.0. The van der Waals surface area contributed by atoms with Gasteiger partial charge in [0.15, 0.2) is 11.5 Å². The normalized spacial score (nSPS) is 11.8. The van der Waals surface area contributed by atoms with E-state index >= 15 is 0 Å². The molecular weight excluding hydrogens is 246 g/mol. The molecule has 0 fully saturated rings. The SMILES string of the molecule is CCOc1cc(C(=O)NC(C)CCO)ccc1OC. The summed E-state index contributed by atoms with van der Waals surface area (Å²) in [6, 6.07) is 4.97. The lowest BCUT2D eigenvalue weighted by Crippen LogP contribution is -2.33. The van der Waals surface area contributed by atoms with Crippen LogP contribution in [-0.2, 0) is 0 Å². The Bertz CT molecular complexity index is 420. The summed E-state index contributed by atoms with van der Waals surface area (Å²) in [5.74, 6) is 0.957. The van der Waals surface area contributed by atoms with Gasteiger partial charge in [0.25, 0.3) is 5.91 Å². The number of rotatable bonds is 7. The van der Waals surface area contributed by atoms with Gasteiger partial charge in [-0.1, -0.05) is 0 Å². The molecule has 0 aliphatic rings. The van der Waals surface area contributed by atoms with Crippen LogP contribution in [0, 0.1) is 0 Å². The third-order valence-corrected chi connectivity index (χ3v) is 2.67. The van der Waals surface area contributed by atoms with E-state index in [4.69, 9.17) is 14.6 Å². The quantitative estimate of drug-likeness (QED) is 0.787. The molecule has 0 bridgehead atoms. The Labute approximate surface area is 113 Å². The van der Waals surface area contributed by atoms with Crippen LogP contribution in [0.15, 0.2) is 18.2 Å². The van der Waals surface area contributed by atoms with Crippen LogP contribution in [0.2, 0.25) is 0 Å². The second-order valence-corrected chi connectivity index (χ2v) is 4.19. The van der Waals surface area contributed by atoms with Crippen molar-refractivity contribution in [3.05, 3.63) is 23.8 Å². The molecule has 2 N–H and O–H groups in total. The smallest absolute Gasteiger partial charge is 0.251 e. The standard InChI is InChI=1S/C14H21NO4/c1-4-19-13-9-11(5-6-12(13)18-3)14(17)15-10(2)7-8-16/h5-6,9-10,16H,4,7-8H2,1-3H3,(H,15,17). The van der Waals surface area contributed by atoms with Crippen molar-refractivity contribution in [3.63, 3.8) is 0 Å². The van der Waals surface area contributed by atoms with E-state index in [2.05, 4.69) is 5.32 Å². The molecule has 0 spiro atoms. The number of hydrogen-bond donors (Lipinski definition) is 2. The third-order valence-electron chi connectivity index (χ3n) is 2.67. The van der Waals surface area contributed by atoms with Crippen LogP contribution in [-0.4, -0.2) is 37.4 Å². The van der Waals surface area contributed by atoms with Crippen molar-refractivity contribution >= 4 is 5.91 Å². The number of ether oxygens (including phenoxy) is 2. The minimum Gasteiger partial charge on any atom is -0.493 e. The predicted octanol–water partition coefficient (Wildman–Crippen LogP) is 1.59. The Morgan fingerprint density at radius 1 is 1.42 bits per heavy atom. The molecular formula is C14H21NO4. The molecule has 0 aliphatic carbocycles. The van der Waals surface area contributed by atoms with Gasteiger partial charge >= 0.3 is 0 Å². The van der Waals surface area contributed by atoms with E-state index in [0.717, 1.165) is 0 Å². The van der Waals surface area contributed by atoms with E-state index in [1.807, 2.05) is 13.8 Å². The fraction of sp³-hybridized carbons (Fsp3) is 0.500. The van der Waals surface area contributed by atoms with Crippen LogP contribution in [0.5, 0.6) is 11.5 Å². The number of benzene rings is 1. The Morgan fingerprint density at radius 3 is 2.74 bits per heavy atom. The minimum absolute atomic E-state index is 0.0499. The van der Waals surface area contributed by atoms with Gasteiger partial charge in [-0.15, -0.1) is 0 Å². The lowest BCUT2D eigenvalue weighted by Gasteiger charge is -2.14. The molecule has 1 aromatic carbocycles. The average Bonchev–Trinajstić information content (AvgIpc) is 2.39. The minimum atomic E-state index is -0.190. The second-order valence-electron chi connectivity index (χ2n) is 4.19.